The van der Waals surface area contributed by atoms with Gasteiger partial charge in [-0.25, -0.2) is 27.5 Å². The molecule has 2 fully saturated rings. The average Bonchev–Trinajstić information content (AvgIpc) is 3.78. The second-order valence-electron chi connectivity index (χ2n) is 13.5. The van der Waals surface area contributed by atoms with Crippen LogP contribution < -0.4 is 10.9 Å². The molecule has 1 unspecified atom stereocenters. The van der Waals surface area contributed by atoms with Gasteiger partial charge in [0, 0.05) is 30.1 Å². The maximum Gasteiger partial charge on any atom is 0.278 e. The van der Waals surface area contributed by atoms with E-state index in [1.54, 1.807) is 31.4 Å². The number of benzene rings is 1. The number of nitrogens with zero attached hydrogens (tertiary/aromatic N) is 5. The van der Waals surface area contributed by atoms with Gasteiger partial charge in [0.05, 0.1) is 28.5 Å². The van der Waals surface area contributed by atoms with Crippen LogP contribution in [-0.2, 0) is 17.9 Å². The van der Waals surface area contributed by atoms with Crippen molar-refractivity contribution in [2.24, 2.45) is 5.92 Å². The van der Waals surface area contributed by atoms with E-state index in [0.717, 1.165) is 6.07 Å². The molecule has 3 aliphatic heterocycles. The fraction of sp³-hybridized carbons (Fsp3) is 0.588. The molecule has 240 valence electrons. The van der Waals surface area contributed by atoms with Crippen molar-refractivity contribution < 1.29 is 17.6 Å². The number of rotatable bonds is 1. The first-order valence-corrected chi connectivity index (χ1v) is 16.0. The van der Waals surface area contributed by atoms with E-state index in [1.807, 2.05) is 4.90 Å². The van der Waals surface area contributed by atoms with Gasteiger partial charge in [0.25, 0.3) is 11.5 Å². The van der Waals surface area contributed by atoms with E-state index in [2.05, 4.69) is 21.4 Å². The van der Waals surface area contributed by atoms with E-state index in [-0.39, 0.29) is 30.5 Å². The quantitative estimate of drug-likeness (QED) is 0.292. The Balaban J connectivity index is 1.46. The smallest absolute Gasteiger partial charge is 0.278 e. The first-order chi connectivity index (χ1) is 21.3. The minimum atomic E-state index is -3.40. The maximum absolute atomic E-state index is 16.0. The standard InChI is InChI=1S/C34H40F4N6O/c1-21-24-8-7-9-26(28(24)35)34(37,38)23-10-16-43(17-11-23)20-32(3,36)12-5-4-6-15-44-30-25(29(40-21)41-22(2)42-30)18-27(31(44)45)33(19-39)13-14-33/h7-9,18,21,23H,4-6,10-17,20H2,1-3H3,(H,40,41,42)/t21-,32?/m1/s1. The van der Waals surface area contributed by atoms with Crippen molar-refractivity contribution in [1.29, 1.82) is 5.26 Å². The summed E-state index contributed by atoms with van der Waals surface area (Å²) >= 11 is 0. The van der Waals surface area contributed by atoms with Gasteiger partial charge in [0.1, 0.15) is 28.8 Å². The Morgan fingerprint density at radius 1 is 1.02 bits per heavy atom. The van der Waals surface area contributed by atoms with E-state index in [4.69, 9.17) is 0 Å². The third-order valence-electron chi connectivity index (χ3n) is 9.98. The molecule has 8 bridgehead atoms. The molecule has 4 aliphatic rings. The maximum atomic E-state index is 16.0. The predicted octanol–water partition coefficient (Wildman–Crippen LogP) is 7.07. The topological polar surface area (TPSA) is 86.8 Å². The summed E-state index contributed by atoms with van der Waals surface area (Å²) in [5.74, 6) is -4.72. The van der Waals surface area contributed by atoms with Crippen LogP contribution in [0, 0.1) is 30.0 Å². The molecule has 1 saturated carbocycles. The fourth-order valence-electron chi connectivity index (χ4n) is 7.16. The van der Waals surface area contributed by atoms with E-state index in [1.165, 1.54) is 12.1 Å². The molecule has 7 nitrogen and oxygen atoms in total. The molecule has 7 rings (SSSR count). The van der Waals surface area contributed by atoms with Crippen LogP contribution >= 0.6 is 0 Å². The second kappa shape index (κ2) is 11.7. The van der Waals surface area contributed by atoms with Crippen LogP contribution in [0.4, 0.5) is 23.4 Å². The van der Waals surface area contributed by atoms with Crippen LogP contribution in [0.25, 0.3) is 11.0 Å². The molecule has 2 aromatic heterocycles. The van der Waals surface area contributed by atoms with Gasteiger partial charge in [-0.05, 0) is 78.5 Å². The Morgan fingerprint density at radius 2 is 1.76 bits per heavy atom. The van der Waals surface area contributed by atoms with Crippen molar-refractivity contribution in [2.75, 3.05) is 25.0 Å². The highest BCUT2D eigenvalue weighted by Gasteiger charge is 2.48. The van der Waals surface area contributed by atoms with Crippen LogP contribution in [0.15, 0.2) is 29.1 Å². The Morgan fingerprint density at radius 3 is 2.44 bits per heavy atom. The van der Waals surface area contributed by atoms with Crippen molar-refractivity contribution in [1.82, 2.24) is 19.4 Å². The molecule has 45 heavy (non-hydrogen) atoms. The number of nitriles is 1. The number of piperidine rings is 1. The van der Waals surface area contributed by atoms with Crippen LogP contribution in [0.2, 0.25) is 0 Å². The summed E-state index contributed by atoms with van der Waals surface area (Å²) in [6.07, 6.45) is 3.62. The van der Waals surface area contributed by atoms with Crippen molar-refractivity contribution >= 4 is 16.9 Å². The zero-order chi connectivity index (χ0) is 32.1. The minimum absolute atomic E-state index is 0.0670. The molecular formula is C34H40F4N6O. The number of nitrogens with one attached hydrogen (secondary N) is 1. The Labute approximate surface area is 260 Å². The van der Waals surface area contributed by atoms with Crippen molar-refractivity contribution in [3.05, 3.63) is 63.0 Å². The van der Waals surface area contributed by atoms with Gasteiger partial charge in [-0.3, -0.25) is 9.36 Å². The molecule has 1 aliphatic carbocycles. The minimum Gasteiger partial charge on any atom is -0.363 e. The summed E-state index contributed by atoms with van der Waals surface area (Å²) in [6.45, 7) is 6.06. The van der Waals surface area contributed by atoms with E-state index in [0.29, 0.717) is 86.4 Å². The molecule has 11 heteroatoms. The SMILES string of the molecule is Cc1nc2c3cc(C4(C#N)CC4)c(=O)n(c3n1)CCCCCC(C)(F)CN1CCC(CC1)C(F)(F)c1cccc(c1F)[C@@H](C)N2. The van der Waals surface area contributed by atoms with Crippen molar-refractivity contribution in [3.63, 3.8) is 0 Å². The highest BCUT2D eigenvalue weighted by atomic mass is 19.3. The Hall–Kier alpha value is -3.52. The number of fused-ring (bicyclic) bond motifs is 9. The predicted molar refractivity (Wildman–Crippen MR) is 165 cm³/mol. The number of pyridine rings is 1. The lowest BCUT2D eigenvalue weighted by atomic mass is 9.84. The van der Waals surface area contributed by atoms with E-state index < -0.39 is 40.3 Å². The van der Waals surface area contributed by atoms with Crippen molar-refractivity contribution in [3.8, 4) is 6.07 Å². The highest BCUT2D eigenvalue weighted by molar-refractivity contribution is 5.88. The largest absolute Gasteiger partial charge is 0.363 e. The molecule has 1 aromatic carbocycles. The number of alkyl halides is 3. The van der Waals surface area contributed by atoms with Crippen LogP contribution in [0.1, 0.15) is 93.8 Å². The zero-order valence-corrected chi connectivity index (χ0v) is 26.1. The molecule has 0 spiro atoms. The number of aromatic nitrogens is 3. The average molecular weight is 625 g/mol. The summed E-state index contributed by atoms with van der Waals surface area (Å²) in [5, 5.41) is 13.7. The van der Waals surface area contributed by atoms with Crippen LogP contribution in [0.3, 0.4) is 0 Å². The Bertz CT molecular complexity index is 1700. The third-order valence-corrected chi connectivity index (χ3v) is 9.98. The van der Waals surface area contributed by atoms with E-state index >= 15 is 17.6 Å². The number of anilines is 1. The Kier molecular flexibility index (Phi) is 8.17. The summed E-state index contributed by atoms with van der Waals surface area (Å²) < 4.78 is 65.0. The molecule has 2 atom stereocenters. The highest BCUT2D eigenvalue weighted by Crippen LogP contribution is 2.47. The van der Waals surface area contributed by atoms with Gasteiger partial charge in [0.15, 0.2) is 0 Å². The lowest BCUT2D eigenvalue weighted by Gasteiger charge is -2.38. The lowest BCUT2D eigenvalue weighted by molar-refractivity contribution is -0.0906. The van der Waals surface area contributed by atoms with Crippen molar-refractivity contribution in [2.45, 2.75) is 102 Å². The molecule has 5 heterocycles. The second-order valence-corrected chi connectivity index (χ2v) is 13.5. The molecular weight excluding hydrogens is 584 g/mol. The zero-order valence-electron chi connectivity index (χ0n) is 26.1. The van der Waals surface area contributed by atoms with Crippen LogP contribution in [0.5, 0.6) is 0 Å². The molecule has 3 aromatic rings. The number of hydrogen-bond donors (Lipinski definition) is 1. The lowest BCUT2D eigenvalue weighted by Crippen LogP contribution is -2.45. The van der Waals surface area contributed by atoms with E-state index in [9.17, 15) is 10.1 Å². The van der Waals surface area contributed by atoms with Gasteiger partial charge in [-0.2, -0.15) is 5.26 Å². The third kappa shape index (κ3) is 5.94. The molecule has 1 N–H and O–H groups in total. The summed E-state index contributed by atoms with van der Waals surface area (Å²) in [7, 11) is 0. The normalized spacial score (nSPS) is 28.2. The monoisotopic (exact) mass is 624 g/mol. The van der Waals surface area contributed by atoms with Gasteiger partial charge < -0.3 is 10.2 Å². The molecule has 0 radical (unpaired) electrons. The van der Waals surface area contributed by atoms with Gasteiger partial charge in [-0.15, -0.1) is 0 Å². The number of aryl methyl sites for hydroxylation is 2. The van der Waals surface area contributed by atoms with Gasteiger partial charge >= 0.3 is 0 Å². The van der Waals surface area contributed by atoms with Gasteiger partial charge in [-0.1, -0.05) is 31.0 Å². The number of halogens is 4. The fourth-order valence-corrected chi connectivity index (χ4v) is 7.16. The number of hydrogen-bond acceptors (Lipinski definition) is 6. The first kappa shape index (κ1) is 31.5. The van der Waals surface area contributed by atoms with Gasteiger partial charge in [0.2, 0.25) is 0 Å². The first-order valence-electron chi connectivity index (χ1n) is 16.0. The van der Waals surface area contributed by atoms with Crippen LogP contribution in [-0.4, -0.2) is 44.7 Å². The summed E-state index contributed by atoms with van der Waals surface area (Å²) in [6, 6.07) is 7.30. The summed E-state index contributed by atoms with van der Waals surface area (Å²) in [5.41, 5.74) is -2.49. The summed E-state index contributed by atoms with van der Waals surface area (Å²) in [4.78, 5) is 24.9. The molecule has 0 amide bonds. The molecule has 1 saturated heterocycles.